The molecule has 0 unspecified atom stereocenters. The molecule has 2 aromatic rings. The van der Waals surface area contributed by atoms with Crippen molar-refractivity contribution in [1.82, 2.24) is 4.90 Å². The number of methoxy groups -OCH3 is 1. The summed E-state index contributed by atoms with van der Waals surface area (Å²) in [7, 11) is 1.65. The van der Waals surface area contributed by atoms with Crippen LogP contribution >= 0.6 is 0 Å². The Morgan fingerprint density at radius 3 is 2.00 bits per heavy atom. The molecule has 0 radical (unpaired) electrons. The lowest BCUT2D eigenvalue weighted by Crippen LogP contribution is -2.44. The topological polar surface area (TPSA) is 55.8 Å². The molecule has 1 aliphatic heterocycles. The maximum absolute atomic E-state index is 14.0. The second-order valence-electron chi connectivity index (χ2n) is 13.8. The van der Waals surface area contributed by atoms with Gasteiger partial charge in [-0.1, -0.05) is 69.7 Å². The average Bonchev–Trinajstić information content (AvgIpc) is 2.90. The third-order valence-electron chi connectivity index (χ3n) is 8.91. The highest BCUT2D eigenvalue weighted by Gasteiger charge is 2.48. The quantitative estimate of drug-likeness (QED) is 0.302. The molecule has 5 rings (SSSR count). The zero-order valence-electron chi connectivity index (χ0n) is 26.4. The largest absolute Gasteiger partial charge is 0.493 e. The van der Waals surface area contributed by atoms with E-state index in [4.69, 9.17) is 9.47 Å². The summed E-state index contributed by atoms with van der Waals surface area (Å²) in [6.45, 7) is 18.0. The normalized spacial score (nSPS) is 19.9. The van der Waals surface area contributed by atoms with Gasteiger partial charge in [0.2, 0.25) is 0 Å². The lowest BCUT2D eigenvalue weighted by molar-refractivity contribution is -0.119. The number of ketones is 2. The van der Waals surface area contributed by atoms with E-state index in [-0.39, 0.29) is 22.4 Å². The van der Waals surface area contributed by atoms with Crippen molar-refractivity contribution in [2.24, 2.45) is 10.8 Å². The molecule has 0 N–H and O–H groups in total. The van der Waals surface area contributed by atoms with E-state index in [0.29, 0.717) is 37.4 Å². The Labute approximate surface area is 251 Å². The van der Waals surface area contributed by atoms with Gasteiger partial charge in [0, 0.05) is 53.4 Å². The van der Waals surface area contributed by atoms with Crippen molar-refractivity contribution in [2.75, 3.05) is 13.7 Å². The Hall–Kier alpha value is -3.60. The van der Waals surface area contributed by atoms with E-state index in [9.17, 15) is 9.59 Å². The lowest BCUT2D eigenvalue weighted by Gasteiger charge is -2.49. The van der Waals surface area contributed by atoms with Gasteiger partial charge in [-0.2, -0.15) is 0 Å². The summed E-state index contributed by atoms with van der Waals surface area (Å²) in [5, 5.41) is 0. The van der Waals surface area contributed by atoms with Gasteiger partial charge in [-0.25, -0.2) is 0 Å². The van der Waals surface area contributed by atoms with Gasteiger partial charge in [-0.3, -0.25) is 9.59 Å². The molecule has 1 heterocycles. The fourth-order valence-corrected chi connectivity index (χ4v) is 7.08. The van der Waals surface area contributed by atoms with Crippen LogP contribution < -0.4 is 9.47 Å². The van der Waals surface area contributed by atoms with Crippen LogP contribution in [0, 0.1) is 17.8 Å². The van der Waals surface area contributed by atoms with E-state index in [1.54, 1.807) is 7.11 Å². The Morgan fingerprint density at radius 2 is 1.50 bits per heavy atom. The standard InChI is InChI=1S/C37H45NO4/c1-9-11-25-16-26(17-31(41-8)35(25)42-22-24-14-12-23(3)13-15-24)32-33-27(18-36(4,5)20-29(33)39)38(10-2)28-19-37(6,7)21-30(40)34(28)32/h9,12-17,32H,1,10-11,18-22H2,2-8H3. The van der Waals surface area contributed by atoms with Gasteiger partial charge >= 0.3 is 0 Å². The van der Waals surface area contributed by atoms with Crippen molar-refractivity contribution in [1.29, 1.82) is 0 Å². The molecule has 0 saturated carbocycles. The van der Waals surface area contributed by atoms with E-state index in [2.05, 4.69) is 83.4 Å². The molecule has 0 spiro atoms. The fraction of sp³-hybridized carbons (Fsp3) is 0.459. The van der Waals surface area contributed by atoms with Gasteiger partial charge in [0.05, 0.1) is 7.11 Å². The minimum atomic E-state index is -0.423. The molecular weight excluding hydrogens is 522 g/mol. The van der Waals surface area contributed by atoms with Gasteiger partial charge in [0.15, 0.2) is 23.1 Å². The molecule has 0 aromatic heterocycles. The molecule has 5 heteroatoms. The van der Waals surface area contributed by atoms with E-state index < -0.39 is 5.92 Å². The number of allylic oxidation sites excluding steroid dienone is 5. The smallest absolute Gasteiger partial charge is 0.165 e. The van der Waals surface area contributed by atoms with Crippen LogP contribution in [0.3, 0.4) is 0 Å². The number of hydrogen-bond acceptors (Lipinski definition) is 5. The molecule has 0 amide bonds. The molecule has 222 valence electrons. The van der Waals surface area contributed by atoms with Crippen LogP contribution in [0.1, 0.15) is 88.5 Å². The maximum Gasteiger partial charge on any atom is 0.165 e. The van der Waals surface area contributed by atoms with E-state index >= 15 is 0 Å². The van der Waals surface area contributed by atoms with E-state index in [1.165, 1.54) is 5.56 Å². The predicted octanol–water partition coefficient (Wildman–Crippen LogP) is 8.02. The van der Waals surface area contributed by atoms with Crippen LogP contribution in [0.15, 0.2) is 71.6 Å². The number of rotatable bonds is 8. The van der Waals surface area contributed by atoms with Gasteiger partial charge in [0.25, 0.3) is 0 Å². The van der Waals surface area contributed by atoms with Crippen molar-refractivity contribution in [2.45, 2.75) is 86.2 Å². The molecular formula is C37H45NO4. The van der Waals surface area contributed by atoms with Crippen LogP contribution in [0.2, 0.25) is 0 Å². The molecule has 0 bridgehead atoms. The molecule has 0 saturated heterocycles. The molecule has 0 fully saturated rings. The number of benzene rings is 2. The number of carbonyl (C=O) groups is 2. The Morgan fingerprint density at radius 1 is 0.929 bits per heavy atom. The first-order valence-electron chi connectivity index (χ1n) is 15.2. The Balaban J connectivity index is 1.68. The SMILES string of the molecule is C=CCc1cc(C2C3=C(CC(C)(C)CC3=O)N(CC)C3=C2C(=O)CC(C)(C)C3)cc(OC)c1OCc1ccc(C)cc1. The summed E-state index contributed by atoms with van der Waals surface area (Å²) in [6.07, 6.45) is 4.97. The highest BCUT2D eigenvalue weighted by molar-refractivity contribution is 6.06. The molecule has 0 atom stereocenters. The first-order valence-corrected chi connectivity index (χ1v) is 15.2. The van der Waals surface area contributed by atoms with E-state index in [0.717, 1.165) is 58.6 Å². The zero-order chi connectivity index (χ0) is 30.4. The summed E-state index contributed by atoms with van der Waals surface area (Å²) >= 11 is 0. The average molecular weight is 568 g/mol. The lowest BCUT2D eigenvalue weighted by atomic mass is 9.63. The number of ether oxygens (including phenoxy) is 2. The minimum absolute atomic E-state index is 0.137. The summed E-state index contributed by atoms with van der Waals surface area (Å²) in [4.78, 5) is 30.3. The first-order chi connectivity index (χ1) is 19.9. The summed E-state index contributed by atoms with van der Waals surface area (Å²) < 4.78 is 12.3. The van der Waals surface area contributed by atoms with Crippen molar-refractivity contribution < 1.29 is 19.1 Å². The fourth-order valence-electron chi connectivity index (χ4n) is 7.08. The molecule has 42 heavy (non-hydrogen) atoms. The van der Waals surface area contributed by atoms with Crippen molar-refractivity contribution in [3.63, 3.8) is 0 Å². The van der Waals surface area contributed by atoms with Crippen LogP contribution in [-0.2, 0) is 22.6 Å². The highest BCUT2D eigenvalue weighted by Crippen LogP contribution is 2.55. The monoisotopic (exact) mass is 567 g/mol. The van der Waals surface area contributed by atoms with Crippen molar-refractivity contribution >= 4 is 11.6 Å². The second kappa shape index (κ2) is 11.2. The van der Waals surface area contributed by atoms with Crippen LogP contribution in [0.25, 0.3) is 0 Å². The highest BCUT2D eigenvalue weighted by atomic mass is 16.5. The molecule has 2 aromatic carbocycles. The summed E-state index contributed by atoms with van der Waals surface area (Å²) in [5.41, 5.74) is 7.55. The second-order valence-corrected chi connectivity index (χ2v) is 13.8. The molecule has 3 aliphatic rings. The minimum Gasteiger partial charge on any atom is -0.493 e. The van der Waals surface area contributed by atoms with Gasteiger partial charge < -0.3 is 14.4 Å². The summed E-state index contributed by atoms with van der Waals surface area (Å²) in [6, 6.07) is 12.4. The summed E-state index contributed by atoms with van der Waals surface area (Å²) in [5.74, 6) is 1.12. The number of hydrogen-bond donors (Lipinski definition) is 0. The van der Waals surface area contributed by atoms with Crippen LogP contribution in [0.5, 0.6) is 11.5 Å². The Bertz CT molecular complexity index is 1430. The van der Waals surface area contributed by atoms with Gasteiger partial charge in [-0.15, -0.1) is 6.58 Å². The molecule has 2 aliphatic carbocycles. The first kappa shape index (κ1) is 29.9. The van der Waals surface area contributed by atoms with Crippen molar-refractivity contribution in [3.05, 3.63) is 93.8 Å². The number of nitrogens with zero attached hydrogens (tertiary/aromatic N) is 1. The number of carbonyl (C=O) groups excluding carboxylic acids is 2. The molecule has 5 nitrogen and oxygen atoms in total. The Kier molecular flexibility index (Phi) is 8.00. The third kappa shape index (κ3) is 5.58. The maximum atomic E-state index is 14.0. The van der Waals surface area contributed by atoms with Crippen molar-refractivity contribution in [3.8, 4) is 11.5 Å². The van der Waals surface area contributed by atoms with E-state index in [1.807, 2.05) is 12.1 Å². The number of Topliss-reactive ketones (excluding diaryl/α,β-unsaturated/α-hetero) is 2. The third-order valence-corrected chi connectivity index (χ3v) is 8.91. The number of aryl methyl sites for hydroxylation is 1. The van der Waals surface area contributed by atoms with Crippen LogP contribution in [-0.4, -0.2) is 30.1 Å². The van der Waals surface area contributed by atoms with Gasteiger partial charge in [0.1, 0.15) is 6.61 Å². The zero-order valence-corrected chi connectivity index (χ0v) is 26.4. The predicted molar refractivity (Wildman–Crippen MR) is 168 cm³/mol. The van der Waals surface area contributed by atoms with Gasteiger partial charge in [-0.05, 0) is 61.1 Å². The van der Waals surface area contributed by atoms with Crippen LogP contribution in [0.4, 0.5) is 0 Å².